The van der Waals surface area contributed by atoms with Gasteiger partial charge in [-0.05, 0) is 24.7 Å². The number of halogens is 3. The third-order valence-corrected chi connectivity index (χ3v) is 1.95. The molecule has 15 heavy (non-hydrogen) atoms. The summed E-state index contributed by atoms with van der Waals surface area (Å²) in [6.45, 7) is 0.508. The topological polar surface area (TPSA) is 21.3 Å². The van der Waals surface area contributed by atoms with E-state index >= 15 is 0 Å². The summed E-state index contributed by atoms with van der Waals surface area (Å²) >= 11 is 0. The SMILES string of the molecule is CNCc1ccc(C(F)(F)F)c(OC)c1. The standard InChI is InChI=1S/C10H12F3NO/c1-14-6-7-3-4-8(10(11,12)13)9(5-7)15-2/h3-5,14H,6H2,1-2H3. The van der Waals surface area contributed by atoms with Crippen molar-refractivity contribution in [2.45, 2.75) is 12.7 Å². The van der Waals surface area contributed by atoms with Crippen LogP contribution in [0, 0.1) is 0 Å². The summed E-state index contributed by atoms with van der Waals surface area (Å²) < 4.78 is 42.1. The van der Waals surface area contributed by atoms with Crippen molar-refractivity contribution >= 4 is 0 Å². The molecule has 2 nitrogen and oxygen atoms in total. The van der Waals surface area contributed by atoms with Gasteiger partial charge in [0.15, 0.2) is 0 Å². The number of methoxy groups -OCH3 is 1. The highest BCUT2D eigenvalue weighted by atomic mass is 19.4. The van der Waals surface area contributed by atoms with Gasteiger partial charge in [0.2, 0.25) is 0 Å². The number of rotatable bonds is 3. The van der Waals surface area contributed by atoms with Gasteiger partial charge in [0.1, 0.15) is 5.75 Å². The molecule has 0 saturated heterocycles. The van der Waals surface area contributed by atoms with Crippen LogP contribution in [0.25, 0.3) is 0 Å². The molecule has 0 saturated carbocycles. The molecule has 1 aromatic carbocycles. The zero-order valence-electron chi connectivity index (χ0n) is 8.48. The van der Waals surface area contributed by atoms with Gasteiger partial charge in [0.05, 0.1) is 12.7 Å². The summed E-state index contributed by atoms with van der Waals surface area (Å²) in [6.07, 6.45) is -4.37. The molecule has 0 spiro atoms. The molecule has 0 amide bonds. The van der Waals surface area contributed by atoms with Gasteiger partial charge in [-0.2, -0.15) is 13.2 Å². The Hall–Kier alpha value is -1.23. The van der Waals surface area contributed by atoms with Gasteiger partial charge in [-0.25, -0.2) is 0 Å². The minimum atomic E-state index is -4.37. The molecule has 84 valence electrons. The average Bonchev–Trinajstić information content (AvgIpc) is 2.16. The Morgan fingerprint density at radius 1 is 1.33 bits per heavy atom. The van der Waals surface area contributed by atoms with E-state index in [4.69, 9.17) is 4.74 Å². The fourth-order valence-electron chi connectivity index (χ4n) is 1.28. The Morgan fingerprint density at radius 2 is 2.00 bits per heavy atom. The van der Waals surface area contributed by atoms with Crippen LogP contribution in [0.2, 0.25) is 0 Å². The van der Waals surface area contributed by atoms with E-state index in [1.807, 2.05) is 0 Å². The van der Waals surface area contributed by atoms with Crippen LogP contribution in [-0.4, -0.2) is 14.2 Å². The van der Waals surface area contributed by atoms with Crippen LogP contribution in [-0.2, 0) is 12.7 Å². The summed E-state index contributed by atoms with van der Waals surface area (Å²) in [4.78, 5) is 0. The highest BCUT2D eigenvalue weighted by Crippen LogP contribution is 2.36. The summed E-state index contributed by atoms with van der Waals surface area (Å²) in [5, 5.41) is 2.86. The Bertz CT molecular complexity index is 336. The third kappa shape index (κ3) is 2.86. The van der Waals surface area contributed by atoms with E-state index < -0.39 is 11.7 Å². The highest BCUT2D eigenvalue weighted by Gasteiger charge is 2.34. The molecule has 0 bridgehead atoms. The normalized spacial score (nSPS) is 11.5. The van der Waals surface area contributed by atoms with Gasteiger partial charge in [0, 0.05) is 6.54 Å². The van der Waals surface area contributed by atoms with E-state index in [1.165, 1.54) is 19.2 Å². The first-order valence-corrected chi connectivity index (χ1v) is 4.37. The van der Waals surface area contributed by atoms with Crippen molar-refractivity contribution < 1.29 is 17.9 Å². The first-order valence-electron chi connectivity index (χ1n) is 4.37. The Kier molecular flexibility index (Phi) is 3.57. The van der Waals surface area contributed by atoms with Crippen LogP contribution in [0.5, 0.6) is 5.75 Å². The molecule has 0 aromatic heterocycles. The van der Waals surface area contributed by atoms with Crippen LogP contribution >= 0.6 is 0 Å². The number of ether oxygens (including phenoxy) is 1. The van der Waals surface area contributed by atoms with E-state index in [0.29, 0.717) is 6.54 Å². The second kappa shape index (κ2) is 4.53. The molecule has 0 aliphatic heterocycles. The number of nitrogens with one attached hydrogen (secondary N) is 1. The lowest BCUT2D eigenvalue weighted by atomic mass is 10.1. The molecule has 0 heterocycles. The maximum Gasteiger partial charge on any atom is 0.419 e. The summed E-state index contributed by atoms with van der Waals surface area (Å²) in [7, 11) is 2.96. The fourth-order valence-corrected chi connectivity index (χ4v) is 1.28. The number of hydrogen-bond donors (Lipinski definition) is 1. The molecule has 0 aliphatic carbocycles. The Balaban J connectivity index is 3.09. The van der Waals surface area contributed by atoms with Gasteiger partial charge in [-0.3, -0.25) is 0 Å². The van der Waals surface area contributed by atoms with Crippen molar-refractivity contribution in [3.8, 4) is 5.75 Å². The zero-order chi connectivity index (χ0) is 11.5. The predicted molar refractivity (Wildman–Crippen MR) is 50.8 cm³/mol. The van der Waals surface area contributed by atoms with Crippen molar-refractivity contribution in [3.63, 3.8) is 0 Å². The van der Waals surface area contributed by atoms with E-state index in [9.17, 15) is 13.2 Å². The molecule has 1 N–H and O–H groups in total. The molecule has 0 unspecified atom stereocenters. The van der Waals surface area contributed by atoms with Crippen LogP contribution in [0.15, 0.2) is 18.2 Å². The monoisotopic (exact) mass is 219 g/mol. The van der Waals surface area contributed by atoms with Crippen molar-refractivity contribution in [3.05, 3.63) is 29.3 Å². The minimum absolute atomic E-state index is 0.143. The second-order valence-electron chi connectivity index (χ2n) is 3.06. The van der Waals surface area contributed by atoms with E-state index in [1.54, 1.807) is 7.05 Å². The minimum Gasteiger partial charge on any atom is -0.496 e. The van der Waals surface area contributed by atoms with Gasteiger partial charge in [-0.1, -0.05) is 6.07 Å². The number of alkyl halides is 3. The molecule has 5 heteroatoms. The fraction of sp³-hybridized carbons (Fsp3) is 0.400. The van der Waals surface area contributed by atoms with E-state index in [0.717, 1.165) is 11.6 Å². The van der Waals surface area contributed by atoms with Gasteiger partial charge in [0.25, 0.3) is 0 Å². The molecule has 0 radical (unpaired) electrons. The summed E-state index contributed by atoms with van der Waals surface area (Å²) in [5.41, 5.74) is 0.00667. The van der Waals surface area contributed by atoms with Crippen LogP contribution in [0.1, 0.15) is 11.1 Å². The first kappa shape index (κ1) is 11.8. The maximum atomic E-state index is 12.5. The molecule has 0 aliphatic rings. The molecule has 1 rings (SSSR count). The lowest BCUT2D eigenvalue weighted by molar-refractivity contribution is -0.138. The molecular formula is C10H12F3NO. The van der Waals surface area contributed by atoms with Gasteiger partial charge < -0.3 is 10.1 Å². The van der Waals surface area contributed by atoms with Crippen LogP contribution < -0.4 is 10.1 Å². The van der Waals surface area contributed by atoms with Crippen molar-refractivity contribution in [1.82, 2.24) is 5.32 Å². The quantitative estimate of drug-likeness (QED) is 0.843. The van der Waals surface area contributed by atoms with Gasteiger partial charge in [-0.15, -0.1) is 0 Å². The Morgan fingerprint density at radius 3 is 2.47 bits per heavy atom. The van der Waals surface area contributed by atoms with Crippen molar-refractivity contribution in [2.75, 3.05) is 14.2 Å². The second-order valence-corrected chi connectivity index (χ2v) is 3.06. The number of hydrogen-bond acceptors (Lipinski definition) is 2. The zero-order valence-corrected chi connectivity index (χ0v) is 8.48. The van der Waals surface area contributed by atoms with Crippen molar-refractivity contribution in [1.29, 1.82) is 0 Å². The molecule has 0 fully saturated rings. The highest BCUT2D eigenvalue weighted by molar-refractivity contribution is 5.39. The summed E-state index contributed by atoms with van der Waals surface area (Å²) in [5.74, 6) is -0.143. The first-order chi connectivity index (χ1) is 6.99. The third-order valence-electron chi connectivity index (χ3n) is 1.95. The average molecular weight is 219 g/mol. The lowest BCUT2D eigenvalue weighted by Gasteiger charge is -2.13. The van der Waals surface area contributed by atoms with E-state index in [2.05, 4.69) is 5.32 Å². The smallest absolute Gasteiger partial charge is 0.419 e. The van der Waals surface area contributed by atoms with Gasteiger partial charge >= 0.3 is 6.18 Å². The lowest BCUT2D eigenvalue weighted by Crippen LogP contribution is -2.10. The molecule has 0 atom stereocenters. The largest absolute Gasteiger partial charge is 0.496 e. The maximum absolute atomic E-state index is 12.5. The van der Waals surface area contributed by atoms with Crippen LogP contribution in [0.3, 0.4) is 0 Å². The number of benzene rings is 1. The Labute approximate surface area is 86.1 Å². The van der Waals surface area contributed by atoms with E-state index in [-0.39, 0.29) is 5.75 Å². The molecular weight excluding hydrogens is 207 g/mol. The molecule has 1 aromatic rings. The van der Waals surface area contributed by atoms with Crippen molar-refractivity contribution in [2.24, 2.45) is 0 Å². The predicted octanol–water partition coefficient (Wildman–Crippen LogP) is 2.43. The van der Waals surface area contributed by atoms with Crippen LogP contribution in [0.4, 0.5) is 13.2 Å². The summed E-state index contributed by atoms with van der Waals surface area (Å²) in [6, 6.07) is 3.85.